The fourth-order valence-corrected chi connectivity index (χ4v) is 2.53. The number of nitrogens with zero attached hydrogens (tertiary/aromatic N) is 1. The molecule has 5 heteroatoms. The first-order valence-electron chi connectivity index (χ1n) is 7.03. The molecule has 1 amide bonds. The second-order valence-electron chi connectivity index (χ2n) is 5.34. The second kappa shape index (κ2) is 6.79. The van der Waals surface area contributed by atoms with Gasteiger partial charge < -0.3 is 10.6 Å². The molecule has 110 valence electrons. The number of amides is 1. The van der Waals surface area contributed by atoms with Crippen molar-refractivity contribution in [2.45, 2.75) is 38.1 Å². The predicted octanol–water partition coefficient (Wildman–Crippen LogP) is 2.24. The normalized spacial score (nSPS) is 19.1. The van der Waals surface area contributed by atoms with Crippen molar-refractivity contribution < 1.29 is 13.6 Å². The van der Waals surface area contributed by atoms with Crippen molar-refractivity contribution in [3.8, 4) is 0 Å². The Morgan fingerprint density at radius 1 is 1.35 bits per heavy atom. The third-order valence-corrected chi connectivity index (χ3v) is 3.65. The number of carbonyl (C=O) groups is 1. The Hall–Kier alpha value is -1.49. The van der Waals surface area contributed by atoms with Gasteiger partial charge in [-0.3, -0.25) is 4.79 Å². The van der Waals surface area contributed by atoms with Crippen molar-refractivity contribution >= 4 is 5.91 Å². The Balaban J connectivity index is 1.77. The summed E-state index contributed by atoms with van der Waals surface area (Å²) in [5.41, 5.74) is 6.56. The van der Waals surface area contributed by atoms with Crippen LogP contribution in [-0.2, 0) is 11.2 Å². The lowest BCUT2D eigenvalue weighted by Gasteiger charge is -2.30. The molecular weight excluding hydrogens is 262 g/mol. The van der Waals surface area contributed by atoms with Crippen molar-refractivity contribution in [1.82, 2.24) is 4.90 Å². The van der Waals surface area contributed by atoms with Crippen LogP contribution in [0, 0.1) is 11.6 Å². The van der Waals surface area contributed by atoms with Crippen LogP contribution in [0.1, 0.15) is 31.2 Å². The molecule has 0 spiro atoms. The number of aryl methyl sites for hydroxylation is 1. The highest BCUT2D eigenvalue weighted by molar-refractivity contribution is 5.76. The summed E-state index contributed by atoms with van der Waals surface area (Å²) >= 11 is 0. The molecule has 0 bridgehead atoms. The topological polar surface area (TPSA) is 46.3 Å². The number of benzene rings is 1. The number of hydrogen-bond acceptors (Lipinski definition) is 2. The van der Waals surface area contributed by atoms with Gasteiger partial charge in [-0.15, -0.1) is 0 Å². The van der Waals surface area contributed by atoms with Crippen molar-refractivity contribution in [1.29, 1.82) is 0 Å². The van der Waals surface area contributed by atoms with E-state index in [1.54, 1.807) is 11.0 Å². The number of likely N-dealkylation sites (tertiary alicyclic amines) is 1. The summed E-state index contributed by atoms with van der Waals surface area (Å²) < 4.78 is 25.8. The molecule has 1 aromatic carbocycles. The van der Waals surface area contributed by atoms with Gasteiger partial charge in [0.2, 0.25) is 5.91 Å². The van der Waals surface area contributed by atoms with Gasteiger partial charge in [-0.2, -0.15) is 0 Å². The van der Waals surface area contributed by atoms with E-state index in [9.17, 15) is 13.6 Å². The molecule has 1 aliphatic rings. The summed E-state index contributed by atoms with van der Waals surface area (Å²) in [6, 6.07) is 3.95. The fraction of sp³-hybridized carbons (Fsp3) is 0.533. The van der Waals surface area contributed by atoms with Crippen LogP contribution in [0.4, 0.5) is 8.78 Å². The largest absolute Gasteiger partial charge is 0.341 e. The van der Waals surface area contributed by atoms with Gasteiger partial charge in [-0.05, 0) is 43.4 Å². The average Bonchev–Trinajstić information content (AvgIpc) is 2.42. The van der Waals surface area contributed by atoms with E-state index in [4.69, 9.17) is 5.73 Å². The van der Waals surface area contributed by atoms with E-state index in [2.05, 4.69) is 0 Å². The maximum atomic E-state index is 13.0. The van der Waals surface area contributed by atoms with Crippen molar-refractivity contribution in [3.63, 3.8) is 0 Å². The SMILES string of the molecule is NC1CCCN(C(=O)CCCc2ccc(F)c(F)c2)C1. The van der Waals surface area contributed by atoms with E-state index in [1.165, 1.54) is 6.07 Å². The van der Waals surface area contributed by atoms with Crippen LogP contribution in [0.5, 0.6) is 0 Å². The van der Waals surface area contributed by atoms with Gasteiger partial charge in [0.05, 0.1) is 0 Å². The van der Waals surface area contributed by atoms with Crippen LogP contribution >= 0.6 is 0 Å². The molecule has 2 N–H and O–H groups in total. The summed E-state index contributed by atoms with van der Waals surface area (Å²) in [5, 5.41) is 0. The number of hydrogen-bond donors (Lipinski definition) is 1. The number of rotatable bonds is 4. The first kappa shape index (κ1) is 14.9. The van der Waals surface area contributed by atoms with E-state index in [0.29, 0.717) is 31.4 Å². The molecule has 1 aromatic rings. The van der Waals surface area contributed by atoms with Gasteiger partial charge in [-0.25, -0.2) is 8.78 Å². The predicted molar refractivity (Wildman–Crippen MR) is 73.1 cm³/mol. The van der Waals surface area contributed by atoms with E-state index >= 15 is 0 Å². The highest BCUT2D eigenvalue weighted by Crippen LogP contribution is 2.13. The van der Waals surface area contributed by atoms with Gasteiger partial charge in [-0.1, -0.05) is 6.07 Å². The molecule has 20 heavy (non-hydrogen) atoms. The van der Waals surface area contributed by atoms with Crippen molar-refractivity contribution in [2.24, 2.45) is 5.73 Å². The first-order valence-corrected chi connectivity index (χ1v) is 7.03. The molecule has 2 rings (SSSR count). The smallest absolute Gasteiger partial charge is 0.222 e. The molecule has 0 aromatic heterocycles. The van der Waals surface area contributed by atoms with Crippen LogP contribution in [0.3, 0.4) is 0 Å². The zero-order valence-corrected chi connectivity index (χ0v) is 11.4. The molecule has 0 radical (unpaired) electrons. The van der Waals surface area contributed by atoms with Gasteiger partial charge in [0.1, 0.15) is 0 Å². The van der Waals surface area contributed by atoms with E-state index in [1.807, 2.05) is 0 Å². The zero-order valence-electron chi connectivity index (χ0n) is 11.4. The Kier molecular flexibility index (Phi) is 5.06. The maximum Gasteiger partial charge on any atom is 0.222 e. The monoisotopic (exact) mass is 282 g/mol. The number of carbonyl (C=O) groups excluding carboxylic acids is 1. The molecule has 1 saturated heterocycles. The summed E-state index contributed by atoms with van der Waals surface area (Å²) in [6.45, 7) is 1.40. The van der Waals surface area contributed by atoms with Crippen LogP contribution in [-0.4, -0.2) is 29.9 Å². The van der Waals surface area contributed by atoms with Gasteiger partial charge >= 0.3 is 0 Å². The molecule has 0 aliphatic carbocycles. The minimum atomic E-state index is -0.841. The van der Waals surface area contributed by atoms with E-state index < -0.39 is 11.6 Å². The summed E-state index contributed by atoms with van der Waals surface area (Å²) in [6.07, 6.45) is 3.55. The number of piperidine rings is 1. The Morgan fingerprint density at radius 3 is 2.85 bits per heavy atom. The summed E-state index contributed by atoms with van der Waals surface area (Å²) in [7, 11) is 0. The van der Waals surface area contributed by atoms with Crippen LogP contribution in [0.25, 0.3) is 0 Å². The quantitative estimate of drug-likeness (QED) is 0.920. The van der Waals surface area contributed by atoms with Crippen molar-refractivity contribution in [3.05, 3.63) is 35.4 Å². The van der Waals surface area contributed by atoms with E-state index in [0.717, 1.165) is 25.5 Å². The fourth-order valence-electron chi connectivity index (χ4n) is 2.53. The number of halogens is 2. The molecular formula is C15H20F2N2O. The van der Waals surface area contributed by atoms with Crippen molar-refractivity contribution in [2.75, 3.05) is 13.1 Å². The average molecular weight is 282 g/mol. The highest BCUT2D eigenvalue weighted by Gasteiger charge is 2.20. The number of nitrogens with two attached hydrogens (primary N) is 1. The highest BCUT2D eigenvalue weighted by atomic mass is 19.2. The Bertz CT molecular complexity index is 479. The lowest BCUT2D eigenvalue weighted by molar-refractivity contribution is -0.132. The van der Waals surface area contributed by atoms with Gasteiger partial charge in [0.25, 0.3) is 0 Å². The second-order valence-corrected chi connectivity index (χ2v) is 5.34. The Labute approximate surface area is 117 Å². The summed E-state index contributed by atoms with van der Waals surface area (Å²) in [4.78, 5) is 13.8. The van der Waals surface area contributed by atoms with Crippen LogP contribution in [0.15, 0.2) is 18.2 Å². The molecule has 0 saturated carbocycles. The lowest BCUT2D eigenvalue weighted by Crippen LogP contribution is -2.45. The molecule has 1 fully saturated rings. The first-order chi connectivity index (χ1) is 9.56. The van der Waals surface area contributed by atoms with Crippen LogP contribution in [0.2, 0.25) is 0 Å². The summed E-state index contributed by atoms with van der Waals surface area (Å²) in [5.74, 6) is -1.58. The maximum absolute atomic E-state index is 13.0. The molecule has 1 unspecified atom stereocenters. The molecule has 1 aliphatic heterocycles. The standard InChI is InChI=1S/C15H20F2N2O/c16-13-7-6-11(9-14(13)17)3-1-5-15(20)19-8-2-4-12(18)10-19/h6-7,9,12H,1-5,8,10,18H2. The lowest BCUT2D eigenvalue weighted by atomic mass is 10.0. The minimum Gasteiger partial charge on any atom is -0.341 e. The zero-order chi connectivity index (χ0) is 14.5. The molecule has 1 atom stereocenters. The molecule has 1 heterocycles. The minimum absolute atomic E-state index is 0.0823. The molecule has 3 nitrogen and oxygen atoms in total. The Morgan fingerprint density at radius 2 is 2.15 bits per heavy atom. The van der Waals surface area contributed by atoms with Gasteiger partial charge in [0, 0.05) is 25.6 Å². The van der Waals surface area contributed by atoms with E-state index in [-0.39, 0.29) is 11.9 Å². The van der Waals surface area contributed by atoms with Crippen LogP contribution < -0.4 is 5.73 Å². The third-order valence-electron chi connectivity index (χ3n) is 3.65. The van der Waals surface area contributed by atoms with Gasteiger partial charge in [0.15, 0.2) is 11.6 Å². The third kappa shape index (κ3) is 4.00.